The summed E-state index contributed by atoms with van der Waals surface area (Å²) in [5.74, 6) is 0.568. The van der Waals surface area contributed by atoms with Crippen LogP contribution in [0.2, 0.25) is 0 Å². The van der Waals surface area contributed by atoms with Crippen LogP contribution >= 0.6 is 11.8 Å². The van der Waals surface area contributed by atoms with Gasteiger partial charge in [-0.25, -0.2) is 8.42 Å². The Morgan fingerprint density at radius 2 is 1.64 bits per heavy atom. The molecule has 6 nitrogen and oxygen atoms in total. The smallest absolute Gasteiger partial charge is 0.416 e. The molecule has 174 valence electrons. The van der Waals surface area contributed by atoms with Crippen molar-refractivity contribution in [3.05, 3.63) is 78.4 Å². The molecule has 0 atom stereocenters. The number of alkyl halides is 3. The van der Waals surface area contributed by atoms with Crippen molar-refractivity contribution in [3.63, 3.8) is 0 Å². The Morgan fingerprint density at radius 1 is 0.970 bits per heavy atom. The number of amides is 1. The fourth-order valence-corrected chi connectivity index (χ4v) is 4.46. The molecule has 0 saturated heterocycles. The van der Waals surface area contributed by atoms with Crippen molar-refractivity contribution in [1.29, 1.82) is 0 Å². The SMILES string of the molecule is COc1ccc(SCC(=O)Nc2ccc(S(=O)(=O)Nc3cccc(C(F)(F)F)c3)cc2)cc1. The van der Waals surface area contributed by atoms with Crippen LogP contribution in [0.15, 0.2) is 82.6 Å². The van der Waals surface area contributed by atoms with Gasteiger partial charge in [0.15, 0.2) is 0 Å². The average molecular weight is 497 g/mol. The van der Waals surface area contributed by atoms with Gasteiger partial charge in [0, 0.05) is 16.3 Å². The van der Waals surface area contributed by atoms with Gasteiger partial charge in [0.1, 0.15) is 5.75 Å². The first-order valence-corrected chi connectivity index (χ1v) is 11.9. The minimum Gasteiger partial charge on any atom is -0.497 e. The van der Waals surface area contributed by atoms with E-state index in [1.807, 2.05) is 12.1 Å². The summed E-state index contributed by atoms with van der Waals surface area (Å²) in [6, 6.07) is 16.4. The average Bonchev–Trinajstić information content (AvgIpc) is 2.78. The van der Waals surface area contributed by atoms with E-state index in [1.54, 1.807) is 19.2 Å². The number of nitrogens with one attached hydrogen (secondary N) is 2. The molecule has 0 aliphatic rings. The third kappa shape index (κ3) is 6.90. The van der Waals surface area contributed by atoms with Crippen molar-refractivity contribution in [2.75, 3.05) is 22.9 Å². The van der Waals surface area contributed by atoms with Crippen molar-refractivity contribution in [1.82, 2.24) is 0 Å². The van der Waals surface area contributed by atoms with Crippen molar-refractivity contribution in [3.8, 4) is 5.75 Å². The molecule has 33 heavy (non-hydrogen) atoms. The minimum atomic E-state index is -4.59. The Labute approximate surface area is 193 Å². The van der Waals surface area contributed by atoms with Crippen LogP contribution in [0, 0.1) is 0 Å². The van der Waals surface area contributed by atoms with Crippen LogP contribution in [0.4, 0.5) is 24.5 Å². The lowest BCUT2D eigenvalue weighted by Crippen LogP contribution is -2.15. The lowest BCUT2D eigenvalue weighted by Gasteiger charge is -2.12. The molecule has 1 amide bonds. The van der Waals surface area contributed by atoms with E-state index in [1.165, 1.54) is 42.1 Å². The van der Waals surface area contributed by atoms with E-state index >= 15 is 0 Å². The van der Waals surface area contributed by atoms with Crippen LogP contribution in [-0.2, 0) is 21.0 Å². The van der Waals surface area contributed by atoms with Crippen LogP contribution in [0.3, 0.4) is 0 Å². The summed E-state index contributed by atoms with van der Waals surface area (Å²) in [5.41, 5.74) is -0.792. The Bertz CT molecular complexity index is 1210. The second-order valence-electron chi connectivity index (χ2n) is 6.72. The fourth-order valence-electron chi connectivity index (χ4n) is 2.71. The molecule has 3 rings (SSSR count). The van der Waals surface area contributed by atoms with Gasteiger partial charge in [0.2, 0.25) is 5.91 Å². The third-order valence-electron chi connectivity index (χ3n) is 4.32. The van der Waals surface area contributed by atoms with Gasteiger partial charge in [-0.1, -0.05) is 6.07 Å². The zero-order valence-corrected chi connectivity index (χ0v) is 18.9. The van der Waals surface area contributed by atoms with E-state index in [0.717, 1.165) is 17.0 Å². The van der Waals surface area contributed by atoms with Gasteiger partial charge in [-0.15, -0.1) is 11.8 Å². The molecule has 0 spiro atoms. The number of benzene rings is 3. The van der Waals surface area contributed by atoms with Gasteiger partial charge in [0.25, 0.3) is 10.0 Å². The van der Waals surface area contributed by atoms with E-state index in [4.69, 9.17) is 4.74 Å². The first-order valence-electron chi connectivity index (χ1n) is 9.44. The molecule has 0 aliphatic carbocycles. The van der Waals surface area contributed by atoms with Crippen LogP contribution in [0.5, 0.6) is 5.75 Å². The summed E-state index contributed by atoms with van der Waals surface area (Å²) >= 11 is 1.32. The van der Waals surface area contributed by atoms with E-state index in [9.17, 15) is 26.4 Å². The predicted molar refractivity (Wildman–Crippen MR) is 121 cm³/mol. The van der Waals surface area contributed by atoms with E-state index < -0.39 is 21.8 Å². The maximum atomic E-state index is 12.8. The highest BCUT2D eigenvalue weighted by Gasteiger charge is 2.30. The number of carbonyl (C=O) groups excluding carboxylic acids is 1. The molecule has 0 bridgehead atoms. The summed E-state index contributed by atoms with van der Waals surface area (Å²) in [6.07, 6.45) is -4.59. The minimum absolute atomic E-state index is 0.142. The summed E-state index contributed by atoms with van der Waals surface area (Å²) < 4.78 is 70.7. The van der Waals surface area contributed by atoms with Gasteiger partial charge >= 0.3 is 6.18 Å². The van der Waals surface area contributed by atoms with Gasteiger partial charge in [-0.2, -0.15) is 13.2 Å². The Balaban J connectivity index is 1.60. The predicted octanol–water partition coefficient (Wildman–Crippen LogP) is 5.25. The molecule has 0 saturated carbocycles. The highest BCUT2D eigenvalue weighted by Crippen LogP contribution is 2.31. The summed E-state index contributed by atoms with van der Waals surface area (Å²) in [5, 5.41) is 2.66. The Kier molecular flexibility index (Phi) is 7.54. The molecule has 0 aliphatic heterocycles. The monoisotopic (exact) mass is 496 g/mol. The number of thioether (sulfide) groups is 1. The summed E-state index contributed by atoms with van der Waals surface area (Å²) in [4.78, 5) is 12.9. The molecule has 0 heterocycles. The number of anilines is 2. The Hall–Kier alpha value is -3.18. The molecular formula is C22H19F3N2O4S2. The van der Waals surface area contributed by atoms with Gasteiger partial charge in [-0.3, -0.25) is 9.52 Å². The first-order chi connectivity index (χ1) is 15.6. The third-order valence-corrected chi connectivity index (χ3v) is 6.73. The van der Waals surface area contributed by atoms with Crippen LogP contribution in [0.1, 0.15) is 5.56 Å². The second-order valence-corrected chi connectivity index (χ2v) is 9.45. The van der Waals surface area contributed by atoms with E-state index in [0.29, 0.717) is 17.5 Å². The molecule has 0 fully saturated rings. The quantitative estimate of drug-likeness (QED) is 0.417. The Morgan fingerprint density at radius 3 is 2.24 bits per heavy atom. The van der Waals surface area contributed by atoms with Gasteiger partial charge in [0.05, 0.1) is 23.3 Å². The molecule has 0 radical (unpaired) electrons. The highest BCUT2D eigenvalue weighted by molar-refractivity contribution is 8.00. The zero-order chi connectivity index (χ0) is 24.1. The van der Waals surface area contributed by atoms with Crippen molar-refractivity contribution >= 4 is 39.1 Å². The van der Waals surface area contributed by atoms with Gasteiger partial charge < -0.3 is 10.1 Å². The number of methoxy groups -OCH3 is 1. The van der Waals surface area contributed by atoms with E-state index in [2.05, 4.69) is 10.0 Å². The number of carbonyl (C=O) groups is 1. The van der Waals surface area contributed by atoms with Crippen LogP contribution in [-0.4, -0.2) is 27.2 Å². The lowest BCUT2D eigenvalue weighted by atomic mass is 10.2. The fraction of sp³-hybridized carbons (Fsp3) is 0.136. The van der Waals surface area contributed by atoms with E-state index in [-0.39, 0.29) is 22.2 Å². The summed E-state index contributed by atoms with van der Waals surface area (Å²) in [6.45, 7) is 0. The maximum Gasteiger partial charge on any atom is 0.416 e. The first kappa shape index (κ1) is 24.5. The number of rotatable bonds is 8. The lowest BCUT2D eigenvalue weighted by molar-refractivity contribution is -0.137. The molecule has 3 aromatic rings. The number of ether oxygens (including phenoxy) is 1. The topological polar surface area (TPSA) is 84.5 Å². The molecule has 11 heteroatoms. The van der Waals surface area contributed by atoms with Gasteiger partial charge in [-0.05, 0) is 66.7 Å². The second kappa shape index (κ2) is 10.2. The van der Waals surface area contributed by atoms with Crippen molar-refractivity contribution < 1.29 is 31.1 Å². The molecule has 0 unspecified atom stereocenters. The largest absolute Gasteiger partial charge is 0.497 e. The number of hydrogen-bond acceptors (Lipinski definition) is 5. The zero-order valence-electron chi connectivity index (χ0n) is 17.2. The van der Waals surface area contributed by atoms with Crippen molar-refractivity contribution in [2.24, 2.45) is 0 Å². The number of hydrogen-bond donors (Lipinski definition) is 2. The molecule has 3 aromatic carbocycles. The maximum absolute atomic E-state index is 12.8. The van der Waals surface area contributed by atoms with Crippen molar-refractivity contribution in [2.45, 2.75) is 16.0 Å². The number of sulfonamides is 1. The molecule has 0 aromatic heterocycles. The standard InChI is InChI=1S/C22H19F3N2O4S2/c1-31-18-7-9-19(10-8-18)32-14-21(28)26-16-5-11-20(12-6-16)33(29,30)27-17-4-2-3-15(13-17)22(23,24)25/h2-13,27H,14H2,1H3,(H,26,28). The summed E-state index contributed by atoms with van der Waals surface area (Å²) in [7, 11) is -2.55. The van der Waals surface area contributed by atoms with Crippen LogP contribution < -0.4 is 14.8 Å². The number of halogens is 3. The molecule has 2 N–H and O–H groups in total. The highest BCUT2D eigenvalue weighted by atomic mass is 32.2. The normalized spacial score (nSPS) is 11.6. The molecular weight excluding hydrogens is 477 g/mol. The van der Waals surface area contributed by atoms with Crippen LogP contribution in [0.25, 0.3) is 0 Å².